The monoisotopic (exact) mass is 374 g/mol. The van der Waals surface area contributed by atoms with Gasteiger partial charge in [0, 0.05) is 22.4 Å². The van der Waals surface area contributed by atoms with E-state index in [9.17, 15) is 8.42 Å². The van der Waals surface area contributed by atoms with Gasteiger partial charge in [-0.05, 0) is 30.1 Å². The van der Waals surface area contributed by atoms with Crippen molar-refractivity contribution in [2.45, 2.75) is 18.0 Å². The Bertz CT molecular complexity index is 683. The van der Waals surface area contributed by atoms with E-state index in [0.717, 1.165) is 14.9 Å². The van der Waals surface area contributed by atoms with Gasteiger partial charge in [-0.25, -0.2) is 13.1 Å². The van der Waals surface area contributed by atoms with Gasteiger partial charge in [-0.3, -0.25) is 0 Å². The normalized spacial score (nSPS) is 11.7. The maximum atomic E-state index is 12.3. The molecule has 7 heteroatoms. The highest BCUT2D eigenvalue weighted by Gasteiger charge is 2.19. The Kier molecular flexibility index (Phi) is 5.34. The molecule has 0 fully saturated rings. The first kappa shape index (κ1) is 15.7. The van der Waals surface area contributed by atoms with E-state index in [1.807, 2.05) is 24.3 Å². The highest BCUT2D eigenvalue weighted by atomic mass is 79.9. The van der Waals surface area contributed by atoms with Crippen LogP contribution in [0.4, 0.5) is 0 Å². The third kappa shape index (κ3) is 3.67. The van der Waals surface area contributed by atoms with Crippen LogP contribution in [0, 0.1) is 0 Å². The summed E-state index contributed by atoms with van der Waals surface area (Å²) in [4.78, 5) is 1.16. The summed E-state index contributed by atoms with van der Waals surface area (Å²) < 4.78 is 28.2. The molecule has 1 heterocycles. The van der Waals surface area contributed by atoms with E-state index < -0.39 is 10.0 Å². The predicted molar refractivity (Wildman–Crippen MR) is 85.3 cm³/mol. The van der Waals surface area contributed by atoms with Gasteiger partial charge in [0.1, 0.15) is 0 Å². The smallest absolute Gasteiger partial charge is 0.242 e. The summed E-state index contributed by atoms with van der Waals surface area (Å²) in [6, 6.07) is 9.19. The number of thiophene rings is 1. The highest BCUT2D eigenvalue weighted by Crippen LogP contribution is 2.22. The highest BCUT2D eigenvalue weighted by molar-refractivity contribution is 9.10. The van der Waals surface area contributed by atoms with Crippen molar-refractivity contribution < 1.29 is 8.42 Å². The van der Waals surface area contributed by atoms with Crippen LogP contribution >= 0.6 is 27.3 Å². The third-order valence-corrected chi connectivity index (χ3v) is 6.05. The van der Waals surface area contributed by atoms with Crippen molar-refractivity contribution in [3.05, 3.63) is 50.6 Å². The van der Waals surface area contributed by atoms with E-state index in [2.05, 4.69) is 26.0 Å². The van der Waals surface area contributed by atoms with Crippen LogP contribution in [0.5, 0.6) is 0 Å². The minimum absolute atomic E-state index is 0.262. The van der Waals surface area contributed by atoms with Crippen LogP contribution in [0.25, 0.3) is 0 Å². The average molecular weight is 375 g/mol. The second-order valence-corrected chi connectivity index (χ2v) is 7.74. The van der Waals surface area contributed by atoms with Gasteiger partial charge in [0.05, 0.1) is 4.90 Å². The Morgan fingerprint density at radius 2 is 1.95 bits per heavy atom. The Morgan fingerprint density at radius 3 is 2.65 bits per heavy atom. The van der Waals surface area contributed by atoms with Gasteiger partial charge in [-0.2, -0.15) is 0 Å². The largest absolute Gasteiger partial charge is 0.315 e. The van der Waals surface area contributed by atoms with Crippen LogP contribution in [0.2, 0.25) is 0 Å². The summed E-state index contributed by atoms with van der Waals surface area (Å²) in [5.74, 6) is 0. The molecule has 1 aromatic carbocycles. The standard InChI is InChI=1S/C13H15BrN2O2S2/c1-15-9-12-13(6-7-19-12)20(17,18)16-8-10-4-2-3-5-11(10)14/h2-7,15-16H,8-9H2,1H3. The van der Waals surface area contributed by atoms with E-state index in [0.29, 0.717) is 11.4 Å². The maximum Gasteiger partial charge on any atom is 0.242 e. The molecule has 0 aliphatic rings. The lowest BCUT2D eigenvalue weighted by atomic mass is 10.2. The van der Waals surface area contributed by atoms with Crippen molar-refractivity contribution in [3.63, 3.8) is 0 Å². The van der Waals surface area contributed by atoms with Crippen LogP contribution in [-0.4, -0.2) is 15.5 Å². The van der Waals surface area contributed by atoms with Crippen LogP contribution in [0.3, 0.4) is 0 Å². The first-order valence-corrected chi connectivity index (χ1v) is 9.14. The van der Waals surface area contributed by atoms with E-state index in [4.69, 9.17) is 0 Å². The molecule has 0 unspecified atom stereocenters. The topological polar surface area (TPSA) is 58.2 Å². The van der Waals surface area contributed by atoms with Crippen LogP contribution < -0.4 is 10.0 Å². The number of hydrogen-bond acceptors (Lipinski definition) is 4. The summed E-state index contributed by atoms with van der Waals surface area (Å²) in [6.45, 7) is 0.807. The van der Waals surface area contributed by atoms with Crippen molar-refractivity contribution >= 4 is 37.3 Å². The van der Waals surface area contributed by atoms with Crippen molar-refractivity contribution in [2.24, 2.45) is 0 Å². The average Bonchev–Trinajstić information content (AvgIpc) is 2.87. The number of sulfonamides is 1. The van der Waals surface area contributed by atoms with Crippen LogP contribution in [-0.2, 0) is 23.1 Å². The Balaban J connectivity index is 2.15. The number of rotatable bonds is 6. The molecule has 2 aromatic rings. The Morgan fingerprint density at radius 1 is 1.20 bits per heavy atom. The summed E-state index contributed by atoms with van der Waals surface area (Å²) in [7, 11) is -1.69. The quantitative estimate of drug-likeness (QED) is 0.816. The van der Waals surface area contributed by atoms with Crippen molar-refractivity contribution in [3.8, 4) is 0 Å². The van der Waals surface area contributed by atoms with Crippen molar-refractivity contribution in [1.82, 2.24) is 10.0 Å². The number of nitrogens with one attached hydrogen (secondary N) is 2. The molecular weight excluding hydrogens is 360 g/mol. The van der Waals surface area contributed by atoms with E-state index >= 15 is 0 Å². The molecule has 0 bridgehead atoms. The van der Waals surface area contributed by atoms with Crippen molar-refractivity contribution in [1.29, 1.82) is 0 Å². The SMILES string of the molecule is CNCc1sccc1S(=O)(=O)NCc1ccccc1Br. The summed E-state index contributed by atoms with van der Waals surface area (Å²) in [5.41, 5.74) is 0.904. The molecule has 0 saturated carbocycles. The maximum absolute atomic E-state index is 12.3. The molecule has 4 nitrogen and oxygen atoms in total. The van der Waals surface area contributed by atoms with Crippen LogP contribution in [0.15, 0.2) is 45.1 Å². The van der Waals surface area contributed by atoms with Crippen LogP contribution in [0.1, 0.15) is 10.4 Å². The zero-order chi connectivity index (χ0) is 14.6. The number of benzene rings is 1. The second-order valence-electron chi connectivity index (χ2n) is 4.15. The lowest BCUT2D eigenvalue weighted by Gasteiger charge is -2.09. The summed E-state index contributed by atoms with van der Waals surface area (Å²) in [5, 5.41) is 4.77. The number of hydrogen-bond donors (Lipinski definition) is 2. The molecular formula is C13H15BrN2O2S2. The molecule has 0 radical (unpaired) electrons. The van der Waals surface area contributed by atoms with E-state index in [-0.39, 0.29) is 6.54 Å². The van der Waals surface area contributed by atoms with Gasteiger partial charge in [0.2, 0.25) is 10.0 Å². The van der Waals surface area contributed by atoms with Gasteiger partial charge in [-0.15, -0.1) is 11.3 Å². The molecule has 20 heavy (non-hydrogen) atoms. The Hall–Kier alpha value is -0.730. The summed E-state index contributed by atoms with van der Waals surface area (Å²) in [6.07, 6.45) is 0. The molecule has 0 atom stereocenters. The molecule has 0 amide bonds. The molecule has 0 aliphatic heterocycles. The predicted octanol–water partition coefficient (Wildman–Crippen LogP) is 2.71. The molecule has 0 saturated heterocycles. The second kappa shape index (κ2) is 6.82. The first-order valence-electron chi connectivity index (χ1n) is 5.98. The number of halogens is 1. The molecule has 108 valence electrons. The molecule has 2 N–H and O–H groups in total. The fourth-order valence-electron chi connectivity index (χ4n) is 1.75. The van der Waals surface area contributed by atoms with Gasteiger partial charge in [-0.1, -0.05) is 34.1 Å². The minimum atomic E-state index is -3.49. The Labute approximate surface area is 131 Å². The summed E-state index contributed by atoms with van der Waals surface area (Å²) >= 11 is 4.84. The third-order valence-electron chi connectivity index (χ3n) is 2.74. The first-order chi connectivity index (χ1) is 9.54. The van der Waals surface area contributed by atoms with Gasteiger partial charge in [0.25, 0.3) is 0 Å². The van der Waals surface area contributed by atoms with Crippen molar-refractivity contribution in [2.75, 3.05) is 7.05 Å². The fourth-order valence-corrected chi connectivity index (χ4v) is 4.63. The fraction of sp³-hybridized carbons (Fsp3) is 0.231. The molecule has 0 aliphatic carbocycles. The lowest BCUT2D eigenvalue weighted by molar-refractivity contribution is 0.580. The van der Waals surface area contributed by atoms with E-state index in [1.165, 1.54) is 11.3 Å². The molecule has 0 spiro atoms. The lowest BCUT2D eigenvalue weighted by Crippen LogP contribution is -2.24. The van der Waals surface area contributed by atoms with Gasteiger partial charge in [0.15, 0.2) is 0 Å². The van der Waals surface area contributed by atoms with Gasteiger partial charge < -0.3 is 5.32 Å². The minimum Gasteiger partial charge on any atom is -0.315 e. The molecule has 1 aromatic heterocycles. The van der Waals surface area contributed by atoms with Gasteiger partial charge >= 0.3 is 0 Å². The van der Waals surface area contributed by atoms with E-state index in [1.54, 1.807) is 18.5 Å². The zero-order valence-electron chi connectivity index (χ0n) is 10.9. The zero-order valence-corrected chi connectivity index (χ0v) is 14.1. The molecule has 2 rings (SSSR count).